The van der Waals surface area contributed by atoms with Gasteiger partial charge in [0.1, 0.15) is 0 Å². The zero-order valence-electron chi connectivity index (χ0n) is 16.4. The van der Waals surface area contributed by atoms with Crippen molar-refractivity contribution in [3.63, 3.8) is 0 Å². The number of hydrogen-bond donors (Lipinski definition) is 2. The highest BCUT2D eigenvalue weighted by Gasteiger charge is 2.57. The van der Waals surface area contributed by atoms with Gasteiger partial charge in [0.15, 0.2) is 0 Å². The number of aromatic nitrogens is 2. The maximum Gasteiger partial charge on any atom is 0.220 e. The Labute approximate surface area is 156 Å². The predicted octanol–water partition coefficient (Wildman–Crippen LogP) is 3.14. The molecule has 26 heavy (non-hydrogen) atoms. The van der Waals surface area contributed by atoms with Crippen molar-refractivity contribution in [3.8, 4) is 0 Å². The molecule has 5 nitrogen and oxygen atoms in total. The van der Waals surface area contributed by atoms with Gasteiger partial charge >= 0.3 is 0 Å². The molecule has 0 saturated heterocycles. The highest BCUT2D eigenvalue weighted by Crippen LogP contribution is 2.62. The van der Waals surface area contributed by atoms with Gasteiger partial charge in [0.25, 0.3) is 0 Å². The van der Waals surface area contributed by atoms with E-state index in [0.717, 1.165) is 38.6 Å². The van der Waals surface area contributed by atoms with Crippen LogP contribution >= 0.6 is 0 Å². The Kier molecular flexibility index (Phi) is 4.22. The summed E-state index contributed by atoms with van der Waals surface area (Å²) < 4.78 is 2.03. The smallest absolute Gasteiger partial charge is 0.220 e. The highest BCUT2D eigenvalue weighted by atomic mass is 16.3. The summed E-state index contributed by atoms with van der Waals surface area (Å²) in [4.78, 5) is 17.1. The Morgan fingerprint density at radius 3 is 2.54 bits per heavy atom. The number of nitrogens with zero attached hydrogens (tertiary/aromatic N) is 2. The molecule has 1 amide bonds. The lowest BCUT2D eigenvalue weighted by Crippen LogP contribution is -2.57. The summed E-state index contributed by atoms with van der Waals surface area (Å²) in [5.74, 6) is 1.40. The molecular formula is C21H33N3O2. The SMILES string of the molecule is CC(C)(C)[C@@H](Cn1ccnc1)NC(=O)CC12C[C@@H]3C[C@@H](CC(O)(C3)C1)C2. The molecule has 2 unspecified atom stereocenters. The lowest BCUT2D eigenvalue weighted by molar-refractivity contribution is -0.169. The van der Waals surface area contributed by atoms with Gasteiger partial charge in [-0.25, -0.2) is 4.98 Å². The third-order valence-electron chi connectivity index (χ3n) is 7.02. The van der Waals surface area contributed by atoms with Crippen LogP contribution < -0.4 is 5.32 Å². The van der Waals surface area contributed by atoms with E-state index in [-0.39, 0.29) is 22.8 Å². The van der Waals surface area contributed by atoms with Crippen LogP contribution in [-0.2, 0) is 11.3 Å². The number of carbonyl (C=O) groups is 1. The van der Waals surface area contributed by atoms with Crippen molar-refractivity contribution in [3.05, 3.63) is 18.7 Å². The number of imidazole rings is 1. The number of amides is 1. The molecule has 4 fully saturated rings. The van der Waals surface area contributed by atoms with Crippen LogP contribution in [0.1, 0.15) is 65.7 Å². The van der Waals surface area contributed by atoms with Crippen LogP contribution in [0.25, 0.3) is 0 Å². The third kappa shape index (κ3) is 3.55. The summed E-state index contributed by atoms with van der Waals surface area (Å²) in [6, 6.07) is 0.0567. The molecule has 0 aromatic carbocycles. The number of carbonyl (C=O) groups excluding carboxylic acids is 1. The van der Waals surface area contributed by atoms with Crippen LogP contribution in [0.3, 0.4) is 0 Å². The first-order valence-electron chi connectivity index (χ1n) is 10.1. The fourth-order valence-corrected chi connectivity index (χ4v) is 6.34. The van der Waals surface area contributed by atoms with Gasteiger partial charge in [0.05, 0.1) is 18.0 Å². The third-order valence-corrected chi connectivity index (χ3v) is 7.02. The largest absolute Gasteiger partial charge is 0.390 e. The van der Waals surface area contributed by atoms with Crippen LogP contribution in [0.2, 0.25) is 0 Å². The molecule has 4 saturated carbocycles. The molecule has 144 valence electrons. The fraction of sp³-hybridized carbons (Fsp3) is 0.810. The standard InChI is InChI=1S/C21H33N3O2/c1-19(2,3)17(12-24-5-4-22-14-24)23-18(25)11-20-7-15-6-16(8-20)10-21(26,9-15)13-20/h4-5,14-17,26H,6-13H2,1-3H3,(H,23,25)/t15-,16+,17-,20?,21?/m1/s1. The second-order valence-corrected chi connectivity index (χ2v) is 10.6. The van der Waals surface area contributed by atoms with Crippen molar-refractivity contribution in [2.45, 2.75) is 83.9 Å². The van der Waals surface area contributed by atoms with E-state index < -0.39 is 5.60 Å². The Morgan fingerprint density at radius 1 is 1.31 bits per heavy atom. The summed E-state index contributed by atoms with van der Waals surface area (Å²) in [5.41, 5.74) is -0.495. The van der Waals surface area contributed by atoms with E-state index in [2.05, 4.69) is 31.1 Å². The molecule has 2 N–H and O–H groups in total. The topological polar surface area (TPSA) is 67.2 Å². The van der Waals surface area contributed by atoms with Gasteiger partial charge in [-0.3, -0.25) is 4.79 Å². The summed E-state index contributed by atoms with van der Waals surface area (Å²) in [7, 11) is 0. The van der Waals surface area contributed by atoms with Crippen molar-refractivity contribution in [2.24, 2.45) is 22.7 Å². The van der Waals surface area contributed by atoms with Crippen molar-refractivity contribution < 1.29 is 9.90 Å². The molecule has 4 aliphatic rings. The van der Waals surface area contributed by atoms with Gasteiger partial charge in [-0.2, -0.15) is 0 Å². The molecule has 5 heteroatoms. The number of rotatable bonds is 5. The lowest BCUT2D eigenvalue weighted by Gasteiger charge is -2.60. The molecule has 1 aromatic rings. The predicted molar refractivity (Wildman–Crippen MR) is 100 cm³/mol. The first-order valence-corrected chi connectivity index (χ1v) is 10.1. The van der Waals surface area contributed by atoms with Crippen molar-refractivity contribution >= 4 is 5.91 Å². The van der Waals surface area contributed by atoms with E-state index in [1.165, 1.54) is 6.42 Å². The number of nitrogens with one attached hydrogen (secondary N) is 1. The molecule has 4 bridgehead atoms. The van der Waals surface area contributed by atoms with Crippen LogP contribution in [0, 0.1) is 22.7 Å². The lowest BCUT2D eigenvalue weighted by atomic mass is 9.47. The first kappa shape index (κ1) is 18.0. The molecule has 0 spiro atoms. The number of hydrogen-bond acceptors (Lipinski definition) is 3. The summed E-state index contributed by atoms with van der Waals surface area (Å²) in [6.07, 6.45) is 12.3. The molecule has 5 rings (SSSR count). The fourth-order valence-electron chi connectivity index (χ4n) is 6.34. The molecule has 1 aromatic heterocycles. The minimum Gasteiger partial charge on any atom is -0.390 e. The number of aliphatic hydroxyl groups is 1. The first-order chi connectivity index (χ1) is 12.1. The highest BCUT2D eigenvalue weighted by molar-refractivity contribution is 5.77. The van der Waals surface area contributed by atoms with Crippen molar-refractivity contribution in [1.29, 1.82) is 0 Å². The zero-order chi connectivity index (χ0) is 18.6. The summed E-state index contributed by atoms with van der Waals surface area (Å²) in [6.45, 7) is 7.24. The summed E-state index contributed by atoms with van der Waals surface area (Å²) in [5, 5.41) is 14.2. The van der Waals surface area contributed by atoms with Gasteiger partial charge in [0.2, 0.25) is 5.91 Å². The normalized spacial score (nSPS) is 36.9. The molecule has 5 atom stereocenters. The van der Waals surface area contributed by atoms with Crippen LogP contribution in [0.4, 0.5) is 0 Å². The maximum atomic E-state index is 13.0. The Morgan fingerprint density at radius 2 is 2.00 bits per heavy atom. The quantitative estimate of drug-likeness (QED) is 0.849. The second-order valence-electron chi connectivity index (χ2n) is 10.6. The second kappa shape index (κ2) is 6.08. The minimum absolute atomic E-state index is 0.0281. The Hall–Kier alpha value is -1.36. The van der Waals surface area contributed by atoms with Crippen LogP contribution in [0.15, 0.2) is 18.7 Å². The van der Waals surface area contributed by atoms with E-state index in [0.29, 0.717) is 18.3 Å². The van der Waals surface area contributed by atoms with Gasteiger partial charge in [-0.05, 0) is 61.2 Å². The zero-order valence-corrected chi connectivity index (χ0v) is 16.4. The molecule has 0 aliphatic heterocycles. The summed E-state index contributed by atoms with van der Waals surface area (Å²) >= 11 is 0. The monoisotopic (exact) mass is 359 g/mol. The van der Waals surface area contributed by atoms with E-state index in [1.54, 1.807) is 12.5 Å². The minimum atomic E-state index is -0.495. The van der Waals surface area contributed by atoms with E-state index >= 15 is 0 Å². The van der Waals surface area contributed by atoms with Crippen LogP contribution in [0.5, 0.6) is 0 Å². The molecular weight excluding hydrogens is 326 g/mol. The average Bonchev–Trinajstić information content (AvgIpc) is 2.95. The average molecular weight is 360 g/mol. The van der Waals surface area contributed by atoms with Gasteiger partial charge in [-0.1, -0.05) is 20.8 Å². The Balaban J connectivity index is 1.44. The van der Waals surface area contributed by atoms with Crippen molar-refractivity contribution in [1.82, 2.24) is 14.9 Å². The van der Waals surface area contributed by atoms with Gasteiger partial charge in [-0.15, -0.1) is 0 Å². The maximum absolute atomic E-state index is 13.0. The van der Waals surface area contributed by atoms with Crippen molar-refractivity contribution in [2.75, 3.05) is 0 Å². The van der Waals surface area contributed by atoms with Gasteiger partial charge in [0, 0.05) is 25.4 Å². The molecule has 1 heterocycles. The van der Waals surface area contributed by atoms with Gasteiger partial charge < -0.3 is 15.0 Å². The van der Waals surface area contributed by atoms with E-state index in [1.807, 2.05) is 10.8 Å². The van der Waals surface area contributed by atoms with E-state index in [9.17, 15) is 9.90 Å². The van der Waals surface area contributed by atoms with E-state index in [4.69, 9.17) is 0 Å². The molecule has 0 radical (unpaired) electrons. The Bertz CT molecular complexity index is 647. The van der Waals surface area contributed by atoms with Crippen LogP contribution in [-0.4, -0.2) is 32.2 Å². The molecule has 4 aliphatic carbocycles.